The van der Waals surface area contributed by atoms with Gasteiger partial charge in [-0.2, -0.15) is 16.9 Å². The normalized spacial score (nSPS) is 11.6. The molecule has 6 nitrogen and oxygen atoms in total. The van der Waals surface area contributed by atoms with Crippen molar-refractivity contribution in [2.75, 3.05) is 11.6 Å². The Hall–Kier alpha value is -2.80. The molecule has 3 heterocycles. The van der Waals surface area contributed by atoms with Gasteiger partial charge in [-0.3, -0.25) is 4.79 Å². The molecule has 1 amide bonds. The van der Waals surface area contributed by atoms with Crippen molar-refractivity contribution >= 4 is 45.4 Å². The van der Waals surface area contributed by atoms with Crippen molar-refractivity contribution in [3.8, 4) is 0 Å². The number of anilines is 1. The standard InChI is InChI=1S/C20H20N4O2S/c1-12(2)24-19-13(9-22-24)8-14(10-21-19)23-20(25)18-16(11-27-3)15-6-4-5-7-17(15)26-18/h4-10,12H,11H2,1-3H3,(H,23,25). The summed E-state index contributed by atoms with van der Waals surface area (Å²) in [5.74, 6) is 0.786. The van der Waals surface area contributed by atoms with Crippen molar-refractivity contribution in [1.29, 1.82) is 0 Å². The fourth-order valence-corrected chi connectivity index (χ4v) is 3.72. The smallest absolute Gasteiger partial charge is 0.291 e. The van der Waals surface area contributed by atoms with Gasteiger partial charge in [-0.25, -0.2) is 9.67 Å². The lowest BCUT2D eigenvalue weighted by atomic mass is 10.1. The van der Waals surface area contributed by atoms with Gasteiger partial charge in [0.25, 0.3) is 5.91 Å². The van der Waals surface area contributed by atoms with Crippen LogP contribution in [0, 0.1) is 0 Å². The van der Waals surface area contributed by atoms with Gasteiger partial charge in [-0.1, -0.05) is 18.2 Å². The third kappa shape index (κ3) is 3.19. The second-order valence-corrected chi connectivity index (χ2v) is 7.48. The molecule has 0 saturated heterocycles. The Kier molecular flexibility index (Phi) is 4.61. The molecule has 0 aliphatic heterocycles. The molecule has 0 radical (unpaired) electrons. The summed E-state index contributed by atoms with van der Waals surface area (Å²) in [5.41, 5.74) is 3.05. The number of para-hydroxylation sites is 1. The van der Waals surface area contributed by atoms with Gasteiger partial charge in [0.1, 0.15) is 5.58 Å². The molecule has 7 heteroatoms. The van der Waals surface area contributed by atoms with Gasteiger partial charge in [0.2, 0.25) is 0 Å². The van der Waals surface area contributed by atoms with Crippen LogP contribution in [0.2, 0.25) is 0 Å². The van der Waals surface area contributed by atoms with Crippen LogP contribution in [-0.2, 0) is 5.75 Å². The minimum atomic E-state index is -0.271. The zero-order valence-electron chi connectivity index (χ0n) is 15.4. The predicted molar refractivity (Wildman–Crippen MR) is 109 cm³/mol. The highest BCUT2D eigenvalue weighted by Gasteiger charge is 2.20. The minimum Gasteiger partial charge on any atom is -0.451 e. The molecular formula is C20H20N4O2S. The van der Waals surface area contributed by atoms with E-state index in [0.29, 0.717) is 17.2 Å². The summed E-state index contributed by atoms with van der Waals surface area (Å²) in [7, 11) is 0. The number of thioether (sulfide) groups is 1. The van der Waals surface area contributed by atoms with E-state index in [2.05, 4.69) is 29.2 Å². The number of nitrogens with zero attached hydrogens (tertiary/aromatic N) is 3. The van der Waals surface area contributed by atoms with Crippen molar-refractivity contribution in [3.63, 3.8) is 0 Å². The monoisotopic (exact) mass is 380 g/mol. The molecule has 1 N–H and O–H groups in total. The lowest BCUT2D eigenvalue weighted by Crippen LogP contribution is -2.13. The highest BCUT2D eigenvalue weighted by molar-refractivity contribution is 7.97. The second-order valence-electron chi connectivity index (χ2n) is 6.61. The zero-order chi connectivity index (χ0) is 19.0. The first-order valence-electron chi connectivity index (χ1n) is 8.72. The topological polar surface area (TPSA) is 73.0 Å². The number of hydrogen-bond acceptors (Lipinski definition) is 5. The number of hydrogen-bond donors (Lipinski definition) is 1. The predicted octanol–water partition coefficient (Wildman–Crippen LogP) is 4.87. The summed E-state index contributed by atoms with van der Waals surface area (Å²) >= 11 is 1.66. The molecule has 0 aliphatic carbocycles. The van der Waals surface area contributed by atoms with E-state index in [9.17, 15) is 4.79 Å². The van der Waals surface area contributed by atoms with Crippen molar-refractivity contribution in [1.82, 2.24) is 14.8 Å². The van der Waals surface area contributed by atoms with Crippen molar-refractivity contribution in [3.05, 3.63) is 54.0 Å². The van der Waals surface area contributed by atoms with Crippen molar-refractivity contribution < 1.29 is 9.21 Å². The lowest BCUT2D eigenvalue weighted by molar-refractivity contribution is 0.0998. The van der Waals surface area contributed by atoms with E-state index >= 15 is 0 Å². The fraction of sp³-hybridized carbons (Fsp3) is 0.250. The second kappa shape index (κ2) is 7.08. The van der Waals surface area contributed by atoms with E-state index in [0.717, 1.165) is 27.6 Å². The molecule has 0 spiro atoms. The van der Waals surface area contributed by atoms with Crippen LogP contribution in [-0.4, -0.2) is 26.9 Å². The number of carbonyl (C=O) groups excluding carboxylic acids is 1. The number of aromatic nitrogens is 3. The van der Waals surface area contributed by atoms with Gasteiger partial charge < -0.3 is 9.73 Å². The van der Waals surface area contributed by atoms with E-state index in [-0.39, 0.29) is 11.9 Å². The number of furan rings is 1. The maximum atomic E-state index is 12.9. The maximum absolute atomic E-state index is 12.9. The number of fused-ring (bicyclic) bond motifs is 2. The molecule has 0 fully saturated rings. The van der Waals surface area contributed by atoms with E-state index in [1.807, 2.05) is 41.3 Å². The van der Waals surface area contributed by atoms with E-state index < -0.39 is 0 Å². The minimum absolute atomic E-state index is 0.222. The van der Waals surface area contributed by atoms with Crippen LogP contribution in [0.15, 0.2) is 47.1 Å². The van der Waals surface area contributed by atoms with Gasteiger partial charge in [-0.05, 0) is 32.2 Å². The van der Waals surface area contributed by atoms with Crippen LogP contribution in [0.4, 0.5) is 5.69 Å². The summed E-state index contributed by atoms with van der Waals surface area (Å²) in [4.78, 5) is 17.3. The Morgan fingerprint density at radius 1 is 1.30 bits per heavy atom. The Morgan fingerprint density at radius 3 is 2.89 bits per heavy atom. The number of carbonyl (C=O) groups is 1. The van der Waals surface area contributed by atoms with Crippen molar-refractivity contribution in [2.24, 2.45) is 0 Å². The van der Waals surface area contributed by atoms with Gasteiger partial charge in [0.05, 0.1) is 18.1 Å². The van der Waals surface area contributed by atoms with E-state index in [1.54, 1.807) is 24.2 Å². The van der Waals surface area contributed by atoms with Gasteiger partial charge in [0, 0.05) is 28.1 Å². The first kappa shape index (κ1) is 17.6. The van der Waals surface area contributed by atoms with Gasteiger partial charge in [-0.15, -0.1) is 0 Å². The molecule has 1 aromatic carbocycles. The van der Waals surface area contributed by atoms with Gasteiger partial charge >= 0.3 is 0 Å². The average molecular weight is 380 g/mol. The highest BCUT2D eigenvalue weighted by Crippen LogP contribution is 2.29. The zero-order valence-corrected chi connectivity index (χ0v) is 16.2. The summed E-state index contributed by atoms with van der Waals surface area (Å²) in [6.07, 6.45) is 5.42. The van der Waals surface area contributed by atoms with E-state index in [1.165, 1.54) is 0 Å². The average Bonchev–Trinajstić information content (AvgIpc) is 3.24. The van der Waals surface area contributed by atoms with Crippen LogP contribution in [0.1, 0.15) is 36.0 Å². The molecular weight excluding hydrogens is 360 g/mol. The molecule has 0 aliphatic rings. The third-order valence-corrected chi connectivity index (χ3v) is 4.95. The maximum Gasteiger partial charge on any atom is 0.291 e. The fourth-order valence-electron chi connectivity index (χ4n) is 3.14. The van der Waals surface area contributed by atoms with Gasteiger partial charge in [0.15, 0.2) is 11.4 Å². The number of pyridine rings is 1. The number of benzene rings is 1. The number of rotatable bonds is 5. The Bertz CT molecular complexity index is 1130. The lowest BCUT2D eigenvalue weighted by Gasteiger charge is -2.07. The molecule has 0 unspecified atom stereocenters. The Morgan fingerprint density at radius 2 is 2.11 bits per heavy atom. The van der Waals surface area contributed by atoms with Crippen LogP contribution >= 0.6 is 11.8 Å². The summed E-state index contributed by atoms with van der Waals surface area (Å²) < 4.78 is 7.70. The molecule has 4 aromatic rings. The highest BCUT2D eigenvalue weighted by atomic mass is 32.2. The largest absolute Gasteiger partial charge is 0.451 e. The molecule has 0 bridgehead atoms. The summed E-state index contributed by atoms with van der Waals surface area (Å²) in [5, 5.41) is 9.13. The Labute approximate surface area is 160 Å². The molecule has 138 valence electrons. The van der Waals surface area contributed by atoms with Crippen LogP contribution in [0.25, 0.3) is 22.0 Å². The molecule has 0 atom stereocenters. The summed E-state index contributed by atoms with van der Waals surface area (Å²) in [6.45, 7) is 4.11. The molecule has 0 saturated carbocycles. The molecule has 3 aromatic heterocycles. The third-order valence-electron chi connectivity index (χ3n) is 4.37. The molecule has 27 heavy (non-hydrogen) atoms. The first-order valence-corrected chi connectivity index (χ1v) is 10.1. The summed E-state index contributed by atoms with van der Waals surface area (Å²) in [6, 6.07) is 9.82. The van der Waals surface area contributed by atoms with Crippen LogP contribution in [0.3, 0.4) is 0 Å². The quantitative estimate of drug-likeness (QED) is 0.534. The number of nitrogens with one attached hydrogen (secondary N) is 1. The van der Waals surface area contributed by atoms with Crippen LogP contribution < -0.4 is 5.32 Å². The number of amides is 1. The molecule has 4 rings (SSSR count). The van der Waals surface area contributed by atoms with Crippen molar-refractivity contribution in [2.45, 2.75) is 25.6 Å². The van der Waals surface area contributed by atoms with Crippen LogP contribution in [0.5, 0.6) is 0 Å². The van der Waals surface area contributed by atoms with E-state index in [4.69, 9.17) is 4.42 Å². The first-order chi connectivity index (χ1) is 13.1. The SMILES string of the molecule is CSCc1c(C(=O)Nc2cnc3c(cnn3C(C)C)c2)oc2ccccc12. The Balaban J connectivity index is 1.67.